The molecule has 6 atom stereocenters. The normalized spacial score (nSPS) is 31.6. The van der Waals surface area contributed by atoms with Crippen LogP contribution in [0.2, 0.25) is 0 Å². The van der Waals surface area contributed by atoms with Crippen LogP contribution in [-0.4, -0.2) is 65.0 Å². The number of nitrogens with two attached hydrogens (primary N) is 1. The molecule has 0 aliphatic carbocycles. The molecule has 2 fully saturated rings. The minimum absolute atomic E-state index is 0.0756. The lowest BCUT2D eigenvalue weighted by molar-refractivity contribution is -0.142. The van der Waals surface area contributed by atoms with Crippen LogP contribution in [-0.2, 0) is 14.4 Å². The van der Waals surface area contributed by atoms with E-state index in [4.69, 9.17) is 10.5 Å². The molecule has 0 spiro atoms. The van der Waals surface area contributed by atoms with E-state index in [1.165, 1.54) is 0 Å². The van der Waals surface area contributed by atoms with Gasteiger partial charge in [0.15, 0.2) is 0 Å². The molecule has 1 aromatic carbocycles. The summed E-state index contributed by atoms with van der Waals surface area (Å²) in [6.45, 7) is 6.34. The molecule has 8 nitrogen and oxygen atoms in total. The van der Waals surface area contributed by atoms with Crippen LogP contribution in [0.3, 0.4) is 0 Å². The highest BCUT2D eigenvalue weighted by atomic mass is 32.2. The van der Waals surface area contributed by atoms with Crippen LogP contribution >= 0.6 is 11.8 Å². The second-order valence-electron chi connectivity index (χ2n) is 9.96. The number of amides is 3. The van der Waals surface area contributed by atoms with E-state index >= 15 is 0 Å². The van der Waals surface area contributed by atoms with Crippen molar-refractivity contribution in [3.8, 4) is 5.75 Å². The highest BCUT2D eigenvalue weighted by Crippen LogP contribution is 2.51. The minimum atomic E-state index is -0.721. The molecule has 1 aromatic rings. The summed E-state index contributed by atoms with van der Waals surface area (Å²) in [5.74, 6) is 0.110. The number of fused-ring (bicyclic) bond motifs is 2. The van der Waals surface area contributed by atoms with Gasteiger partial charge in [0.2, 0.25) is 17.7 Å². The highest BCUT2D eigenvalue weighted by Gasteiger charge is 2.55. The number of carbonyl (C=O) groups is 3. The van der Waals surface area contributed by atoms with Crippen molar-refractivity contribution >= 4 is 29.5 Å². The van der Waals surface area contributed by atoms with Crippen molar-refractivity contribution in [2.75, 3.05) is 13.7 Å². The van der Waals surface area contributed by atoms with Crippen molar-refractivity contribution in [1.29, 1.82) is 0 Å². The van der Waals surface area contributed by atoms with Crippen molar-refractivity contribution in [3.05, 3.63) is 29.8 Å². The maximum atomic E-state index is 13.8. The van der Waals surface area contributed by atoms with Crippen molar-refractivity contribution in [2.45, 2.75) is 74.7 Å². The number of nitrogens with one attached hydrogen (secondary N) is 2. The SMILES string of the molecule is CN[C@@H](C)C(=O)NC1CC([C@@H]2CCOc3ccccc32)SC2CC(C)(C)C(C(N)=O)N2C1=O. The molecule has 3 heterocycles. The topological polar surface area (TPSA) is 114 Å². The molecule has 33 heavy (non-hydrogen) atoms. The zero-order valence-electron chi connectivity index (χ0n) is 19.7. The quantitative estimate of drug-likeness (QED) is 0.597. The van der Waals surface area contributed by atoms with Gasteiger partial charge in [-0.2, -0.15) is 0 Å². The largest absolute Gasteiger partial charge is 0.493 e. The van der Waals surface area contributed by atoms with E-state index in [0.717, 1.165) is 17.7 Å². The number of likely N-dealkylation sites (N-methyl/N-ethyl adjacent to an activating group) is 1. The zero-order valence-corrected chi connectivity index (χ0v) is 20.5. The van der Waals surface area contributed by atoms with Gasteiger partial charge in [-0.3, -0.25) is 14.4 Å². The number of carbonyl (C=O) groups excluding carboxylic acids is 3. The summed E-state index contributed by atoms with van der Waals surface area (Å²) in [4.78, 5) is 40.7. The number of ether oxygens (including phenoxy) is 1. The van der Waals surface area contributed by atoms with E-state index in [2.05, 4.69) is 16.7 Å². The number of benzene rings is 1. The third-order valence-corrected chi connectivity index (χ3v) is 8.83. The van der Waals surface area contributed by atoms with E-state index in [1.807, 2.05) is 32.0 Å². The summed E-state index contributed by atoms with van der Waals surface area (Å²) in [5.41, 5.74) is 6.49. The van der Waals surface area contributed by atoms with Crippen LogP contribution in [0.15, 0.2) is 24.3 Å². The van der Waals surface area contributed by atoms with Gasteiger partial charge >= 0.3 is 0 Å². The van der Waals surface area contributed by atoms with Crippen molar-refractivity contribution in [3.63, 3.8) is 0 Å². The first kappa shape index (κ1) is 23.9. The molecule has 3 amide bonds. The fourth-order valence-electron chi connectivity index (χ4n) is 5.44. The Kier molecular flexibility index (Phi) is 6.64. The Morgan fingerprint density at radius 2 is 2.03 bits per heavy atom. The Morgan fingerprint density at radius 3 is 2.73 bits per heavy atom. The lowest BCUT2D eigenvalue weighted by Gasteiger charge is -2.33. The van der Waals surface area contributed by atoms with Gasteiger partial charge in [-0.25, -0.2) is 0 Å². The number of rotatable bonds is 5. The number of thioether (sulfide) groups is 1. The van der Waals surface area contributed by atoms with Crippen LogP contribution in [0.4, 0.5) is 0 Å². The molecule has 3 aliphatic heterocycles. The number of nitrogens with zero attached hydrogens (tertiary/aromatic N) is 1. The number of para-hydroxylation sites is 1. The van der Waals surface area contributed by atoms with Gasteiger partial charge in [-0.15, -0.1) is 11.8 Å². The Labute approximate surface area is 199 Å². The standard InChI is InChI=1S/C24H34N4O4S/c1-13(26-4)22(30)27-16-11-18(15-9-10-32-17-8-6-5-7-14(15)17)33-19-12-24(2,3)20(21(25)29)28(19)23(16)31/h5-8,13,15-16,18-20,26H,9-12H2,1-4H3,(H2,25,29)(H,27,30)/t13-,15+,16?,18?,19?,20?/m0/s1. The summed E-state index contributed by atoms with van der Waals surface area (Å²) in [6, 6.07) is 6.18. The first-order chi connectivity index (χ1) is 15.6. The molecular weight excluding hydrogens is 440 g/mol. The molecule has 2 saturated heterocycles. The van der Waals surface area contributed by atoms with Gasteiger partial charge in [0.05, 0.1) is 18.0 Å². The fraction of sp³-hybridized carbons (Fsp3) is 0.625. The predicted octanol–water partition coefficient (Wildman–Crippen LogP) is 1.59. The van der Waals surface area contributed by atoms with Gasteiger partial charge in [-0.05, 0) is 50.3 Å². The Bertz CT molecular complexity index is 939. The maximum Gasteiger partial charge on any atom is 0.246 e. The molecule has 9 heteroatoms. The maximum absolute atomic E-state index is 13.8. The fourth-order valence-corrected chi connectivity index (χ4v) is 7.50. The third kappa shape index (κ3) is 4.45. The average molecular weight is 475 g/mol. The zero-order chi connectivity index (χ0) is 23.9. The Morgan fingerprint density at radius 1 is 1.30 bits per heavy atom. The van der Waals surface area contributed by atoms with E-state index in [1.54, 1.807) is 30.6 Å². The molecule has 4 unspecified atom stereocenters. The van der Waals surface area contributed by atoms with Crippen LogP contribution in [0.1, 0.15) is 51.5 Å². The van der Waals surface area contributed by atoms with Crippen molar-refractivity contribution in [2.24, 2.45) is 11.1 Å². The third-order valence-electron chi connectivity index (χ3n) is 7.25. The van der Waals surface area contributed by atoms with Crippen LogP contribution in [0, 0.1) is 5.41 Å². The lowest BCUT2D eigenvalue weighted by Crippen LogP contribution is -2.57. The minimum Gasteiger partial charge on any atom is -0.493 e. The molecule has 0 saturated carbocycles. The van der Waals surface area contributed by atoms with Crippen LogP contribution in [0.5, 0.6) is 5.75 Å². The van der Waals surface area contributed by atoms with Gasteiger partial charge < -0.3 is 26.0 Å². The van der Waals surface area contributed by atoms with E-state index in [-0.39, 0.29) is 28.4 Å². The first-order valence-electron chi connectivity index (χ1n) is 11.6. The highest BCUT2D eigenvalue weighted by molar-refractivity contribution is 8.00. The molecule has 180 valence electrons. The Hall–Kier alpha value is -2.26. The summed E-state index contributed by atoms with van der Waals surface area (Å²) in [5, 5.41) is 5.79. The molecule has 3 aliphatic rings. The molecule has 0 aromatic heterocycles. The summed E-state index contributed by atoms with van der Waals surface area (Å²) < 4.78 is 5.88. The van der Waals surface area contributed by atoms with Gasteiger partial charge in [-0.1, -0.05) is 32.0 Å². The molecule has 4 rings (SSSR count). The summed E-state index contributed by atoms with van der Waals surface area (Å²) in [7, 11) is 1.71. The second-order valence-corrected chi connectivity index (χ2v) is 11.4. The number of hydrogen-bond acceptors (Lipinski definition) is 6. The van der Waals surface area contributed by atoms with Gasteiger partial charge in [0.1, 0.15) is 17.8 Å². The molecule has 4 N–H and O–H groups in total. The number of hydrogen-bond donors (Lipinski definition) is 3. The monoisotopic (exact) mass is 474 g/mol. The molecule has 0 radical (unpaired) electrons. The van der Waals surface area contributed by atoms with E-state index in [0.29, 0.717) is 19.4 Å². The van der Waals surface area contributed by atoms with Crippen molar-refractivity contribution < 1.29 is 19.1 Å². The van der Waals surface area contributed by atoms with E-state index in [9.17, 15) is 14.4 Å². The number of primary amides is 1. The Balaban J connectivity index is 1.71. The summed E-state index contributed by atoms with van der Waals surface area (Å²) in [6.07, 6.45) is 2.00. The van der Waals surface area contributed by atoms with E-state index < -0.39 is 29.4 Å². The predicted molar refractivity (Wildman–Crippen MR) is 128 cm³/mol. The first-order valence-corrected chi connectivity index (χ1v) is 12.5. The smallest absolute Gasteiger partial charge is 0.246 e. The summed E-state index contributed by atoms with van der Waals surface area (Å²) >= 11 is 1.74. The van der Waals surface area contributed by atoms with Crippen molar-refractivity contribution in [1.82, 2.24) is 15.5 Å². The van der Waals surface area contributed by atoms with Gasteiger partial charge in [0.25, 0.3) is 0 Å². The average Bonchev–Trinajstić information content (AvgIpc) is 2.99. The second kappa shape index (κ2) is 9.18. The van der Waals surface area contributed by atoms with Crippen LogP contribution in [0.25, 0.3) is 0 Å². The van der Waals surface area contributed by atoms with Gasteiger partial charge in [0, 0.05) is 11.2 Å². The molecule has 0 bridgehead atoms. The van der Waals surface area contributed by atoms with Crippen LogP contribution < -0.4 is 21.1 Å². The molecular formula is C24H34N4O4S. The lowest BCUT2D eigenvalue weighted by atomic mass is 9.84.